The predicted molar refractivity (Wildman–Crippen MR) is 112 cm³/mol. The molecule has 2 rings (SSSR count). The molecule has 0 radical (unpaired) electrons. The number of hydrazone groups is 1. The second-order valence-electron chi connectivity index (χ2n) is 5.82. The van der Waals surface area contributed by atoms with Crippen molar-refractivity contribution in [2.45, 2.75) is 12.8 Å². The average molecular weight is 408 g/mol. The summed E-state index contributed by atoms with van der Waals surface area (Å²) in [4.78, 5) is 11.7. The van der Waals surface area contributed by atoms with Gasteiger partial charge in [0, 0.05) is 13.0 Å². The van der Waals surface area contributed by atoms with Crippen molar-refractivity contribution in [3.05, 3.63) is 53.6 Å². The number of phenolic OH excluding ortho intramolecular Hbond substituents is 1. The molecule has 0 fully saturated rings. The number of ether oxygens (including phenoxy) is 2. The molecule has 2 aromatic carbocycles. The molecule has 3 N–H and O–H groups in total. The first kappa shape index (κ1) is 23.3. The molecular formula is C20H26ClN3O4. The minimum Gasteiger partial charge on any atom is -0.508 e. The van der Waals surface area contributed by atoms with Crippen LogP contribution in [-0.2, 0) is 11.2 Å². The topological polar surface area (TPSA) is 92.2 Å². The van der Waals surface area contributed by atoms with Crippen molar-refractivity contribution >= 4 is 24.5 Å². The van der Waals surface area contributed by atoms with Crippen molar-refractivity contribution < 1.29 is 19.4 Å². The van der Waals surface area contributed by atoms with Crippen molar-refractivity contribution in [1.82, 2.24) is 10.7 Å². The molecule has 28 heavy (non-hydrogen) atoms. The number of amides is 1. The number of nitrogens with one attached hydrogen (secondary N) is 2. The maximum absolute atomic E-state index is 11.7. The summed E-state index contributed by atoms with van der Waals surface area (Å²) in [7, 11) is 3.22. The van der Waals surface area contributed by atoms with Crippen LogP contribution in [0.15, 0.2) is 47.6 Å². The molecule has 0 aliphatic heterocycles. The fourth-order valence-corrected chi connectivity index (χ4v) is 2.39. The number of benzene rings is 2. The summed E-state index contributed by atoms with van der Waals surface area (Å²) in [6, 6.07) is 12.4. The minimum atomic E-state index is -0.163. The molecule has 8 heteroatoms. The molecule has 0 aliphatic carbocycles. The van der Waals surface area contributed by atoms with Crippen LogP contribution in [0, 0.1) is 0 Å². The molecule has 0 spiro atoms. The summed E-state index contributed by atoms with van der Waals surface area (Å²) in [6.45, 7) is 1.31. The Morgan fingerprint density at radius 2 is 1.79 bits per heavy atom. The van der Waals surface area contributed by atoms with Gasteiger partial charge in [-0.25, -0.2) is 5.43 Å². The molecule has 0 saturated heterocycles. The zero-order chi connectivity index (χ0) is 19.5. The third-order valence-corrected chi connectivity index (χ3v) is 3.86. The van der Waals surface area contributed by atoms with Gasteiger partial charge in [-0.1, -0.05) is 6.07 Å². The SMILES string of the molecule is COc1ccc(CCNCCC(=O)N/N=C/c2ccc(O)cc2)cc1OC.Cl. The van der Waals surface area contributed by atoms with E-state index in [2.05, 4.69) is 15.8 Å². The van der Waals surface area contributed by atoms with E-state index in [1.54, 1.807) is 38.5 Å². The van der Waals surface area contributed by atoms with E-state index in [0.717, 1.165) is 24.1 Å². The molecule has 0 bridgehead atoms. The molecule has 0 atom stereocenters. The van der Waals surface area contributed by atoms with Gasteiger partial charge in [-0.05, 0) is 60.5 Å². The Bertz CT molecular complexity index is 767. The third kappa shape index (κ3) is 7.85. The van der Waals surface area contributed by atoms with Crippen molar-refractivity contribution in [3.63, 3.8) is 0 Å². The number of nitrogens with zero attached hydrogens (tertiary/aromatic N) is 1. The fraction of sp³-hybridized carbons (Fsp3) is 0.300. The summed E-state index contributed by atoms with van der Waals surface area (Å²) in [5.74, 6) is 1.44. The summed E-state index contributed by atoms with van der Waals surface area (Å²) in [6.07, 6.45) is 2.68. The quantitative estimate of drug-likeness (QED) is 0.320. The van der Waals surface area contributed by atoms with Crippen LogP contribution < -0.4 is 20.2 Å². The Morgan fingerprint density at radius 1 is 1.07 bits per heavy atom. The first-order valence-electron chi connectivity index (χ1n) is 8.65. The molecule has 152 valence electrons. The van der Waals surface area contributed by atoms with Gasteiger partial charge in [0.25, 0.3) is 0 Å². The van der Waals surface area contributed by atoms with E-state index in [-0.39, 0.29) is 24.1 Å². The van der Waals surface area contributed by atoms with Gasteiger partial charge in [0.1, 0.15) is 5.75 Å². The van der Waals surface area contributed by atoms with Gasteiger partial charge in [0.05, 0.1) is 20.4 Å². The van der Waals surface area contributed by atoms with Crippen LogP contribution in [0.1, 0.15) is 17.5 Å². The predicted octanol–water partition coefficient (Wildman–Crippen LogP) is 2.50. The number of carbonyl (C=O) groups excluding carboxylic acids is 1. The first-order chi connectivity index (χ1) is 13.1. The van der Waals surface area contributed by atoms with Gasteiger partial charge in [-0.2, -0.15) is 5.10 Å². The van der Waals surface area contributed by atoms with Crippen molar-refractivity contribution in [2.24, 2.45) is 5.10 Å². The molecule has 7 nitrogen and oxygen atoms in total. The summed E-state index contributed by atoms with van der Waals surface area (Å²) in [5, 5.41) is 16.3. The molecule has 0 aliphatic rings. The van der Waals surface area contributed by atoms with Gasteiger partial charge < -0.3 is 19.9 Å². The van der Waals surface area contributed by atoms with Gasteiger partial charge in [-0.15, -0.1) is 12.4 Å². The number of rotatable bonds is 10. The normalized spacial score (nSPS) is 10.4. The Morgan fingerprint density at radius 3 is 2.46 bits per heavy atom. The second kappa shape index (κ2) is 12.6. The highest BCUT2D eigenvalue weighted by Crippen LogP contribution is 2.27. The molecular weight excluding hydrogens is 382 g/mol. The van der Waals surface area contributed by atoms with Crippen LogP contribution in [0.3, 0.4) is 0 Å². The van der Waals surface area contributed by atoms with E-state index in [1.807, 2.05) is 18.2 Å². The highest BCUT2D eigenvalue weighted by atomic mass is 35.5. The summed E-state index contributed by atoms with van der Waals surface area (Å²) >= 11 is 0. The molecule has 0 saturated carbocycles. The molecule has 0 heterocycles. The lowest BCUT2D eigenvalue weighted by molar-refractivity contribution is -0.120. The maximum Gasteiger partial charge on any atom is 0.241 e. The van der Waals surface area contributed by atoms with Gasteiger partial charge in [0.2, 0.25) is 5.91 Å². The Kier molecular flexibility index (Phi) is 10.5. The van der Waals surface area contributed by atoms with Gasteiger partial charge in [0.15, 0.2) is 11.5 Å². The number of hydrogen-bond acceptors (Lipinski definition) is 6. The minimum absolute atomic E-state index is 0. The smallest absolute Gasteiger partial charge is 0.241 e. The number of halogens is 1. The van der Waals surface area contributed by atoms with E-state index in [0.29, 0.717) is 24.5 Å². The zero-order valence-corrected chi connectivity index (χ0v) is 16.8. The fourth-order valence-electron chi connectivity index (χ4n) is 2.39. The Hall–Kier alpha value is -2.77. The van der Waals surface area contributed by atoms with Crippen LogP contribution in [-0.4, -0.2) is 44.5 Å². The van der Waals surface area contributed by atoms with E-state index in [4.69, 9.17) is 9.47 Å². The van der Waals surface area contributed by atoms with Crippen LogP contribution in [0.2, 0.25) is 0 Å². The van der Waals surface area contributed by atoms with E-state index in [9.17, 15) is 9.90 Å². The lowest BCUT2D eigenvalue weighted by Gasteiger charge is -2.10. The van der Waals surface area contributed by atoms with Crippen LogP contribution in [0.4, 0.5) is 0 Å². The standard InChI is InChI=1S/C20H25N3O4.ClH/c1-26-18-8-5-15(13-19(18)27-2)9-11-21-12-10-20(25)23-22-14-16-3-6-17(24)7-4-16;/h3-8,13-14,21,24H,9-12H2,1-2H3,(H,23,25);1H/b22-14+;. The van der Waals surface area contributed by atoms with Crippen molar-refractivity contribution in [1.29, 1.82) is 0 Å². The van der Waals surface area contributed by atoms with Crippen molar-refractivity contribution in [3.8, 4) is 17.2 Å². The highest BCUT2D eigenvalue weighted by Gasteiger charge is 2.04. The number of hydrogen-bond donors (Lipinski definition) is 3. The second-order valence-corrected chi connectivity index (χ2v) is 5.82. The van der Waals surface area contributed by atoms with Gasteiger partial charge in [-0.3, -0.25) is 4.79 Å². The van der Waals surface area contributed by atoms with E-state index in [1.165, 1.54) is 6.21 Å². The number of aromatic hydroxyl groups is 1. The van der Waals surface area contributed by atoms with Gasteiger partial charge >= 0.3 is 0 Å². The lowest BCUT2D eigenvalue weighted by Crippen LogP contribution is -2.25. The molecule has 2 aromatic rings. The molecule has 0 unspecified atom stereocenters. The monoisotopic (exact) mass is 407 g/mol. The number of phenols is 1. The van der Waals surface area contributed by atoms with E-state index >= 15 is 0 Å². The molecule has 1 amide bonds. The Labute approximate surface area is 171 Å². The summed E-state index contributed by atoms with van der Waals surface area (Å²) in [5.41, 5.74) is 4.40. The number of carbonyl (C=O) groups is 1. The zero-order valence-electron chi connectivity index (χ0n) is 16.0. The maximum atomic E-state index is 11.7. The van der Waals surface area contributed by atoms with E-state index < -0.39 is 0 Å². The number of methoxy groups -OCH3 is 2. The largest absolute Gasteiger partial charge is 0.508 e. The Balaban J connectivity index is 0.00000392. The summed E-state index contributed by atoms with van der Waals surface area (Å²) < 4.78 is 10.5. The van der Waals surface area contributed by atoms with Crippen molar-refractivity contribution in [2.75, 3.05) is 27.3 Å². The van der Waals surface area contributed by atoms with Crippen LogP contribution >= 0.6 is 12.4 Å². The molecule has 0 aromatic heterocycles. The van der Waals surface area contributed by atoms with Crippen LogP contribution in [0.5, 0.6) is 17.2 Å². The highest BCUT2D eigenvalue weighted by molar-refractivity contribution is 5.85. The average Bonchev–Trinajstić information content (AvgIpc) is 2.69. The third-order valence-electron chi connectivity index (χ3n) is 3.86. The van der Waals surface area contributed by atoms with Crippen LogP contribution in [0.25, 0.3) is 0 Å². The first-order valence-corrected chi connectivity index (χ1v) is 8.65. The lowest BCUT2D eigenvalue weighted by atomic mass is 10.1.